The van der Waals surface area contributed by atoms with Gasteiger partial charge < -0.3 is 20.4 Å². The summed E-state index contributed by atoms with van der Waals surface area (Å²) in [5.74, 6) is -2.22. The van der Waals surface area contributed by atoms with Crippen LogP contribution in [-0.4, -0.2) is 32.4 Å². The van der Waals surface area contributed by atoms with Crippen LogP contribution in [0.25, 0.3) is 22.3 Å². The lowest BCUT2D eigenvalue weighted by Crippen LogP contribution is -2.05. The highest BCUT2D eigenvalue weighted by Gasteiger charge is 2.22. The minimum absolute atomic E-state index is 0.00475. The minimum atomic E-state index is -1.11. The van der Waals surface area contributed by atoms with Crippen molar-refractivity contribution in [2.24, 2.45) is 0 Å². The topological polar surface area (TPSA) is 115 Å². The summed E-state index contributed by atoms with van der Waals surface area (Å²) in [4.78, 5) is 23.5. The fourth-order valence-electron chi connectivity index (χ4n) is 3.95. The zero-order chi connectivity index (χ0) is 22.3. The van der Waals surface area contributed by atoms with Gasteiger partial charge in [0.1, 0.15) is 11.5 Å². The number of carboxylic acid groups (broad SMARTS) is 2. The maximum atomic E-state index is 11.8. The van der Waals surface area contributed by atoms with Crippen molar-refractivity contribution < 1.29 is 30.0 Å². The van der Waals surface area contributed by atoms with E-state index in [1.165, 1.54) is 24.3 Å². The normalized spacial score (nSPS) is 10.8. The van der Waals surface area contributed by atoms with Gasteiger partial charge in [0, 0.05) is 11.1 Å². The van der Waals surface area contributed by atoms with Crippen LogP contribution in [0.3, 0.4) is 0 Å². The summed E-state index contributed by atoms with van der Waals surface area (Å²) in [6.45, 7) is 6.92. The van der Waals surface area contributed by atoms with Crippen LogP contribution in [0.4, 0.5) is 0 Å². The molecule has 154 valence electrons. The Kier molecular flexibility index (Phi) is 5.27. The van der Waals surface area contributed by atoms with Crippen molar-refractivity contribution >= 4 is 11.9 Å². The number of rotatable bonds is 4. The molecule has 0 aromatic heterocycles. The number of phenolic OH excluding ortho intramolecular Hbond substituents is 2. The van der Waals surface area contributed by atoms with E-state index in [9.17, 15) is 30.0 Å². The van der Waals surface area contributed by atoms with E-state index in [-0.39, 0.29) is 22.6 Å². The van der Waals surface area contributed by atoms with Gasteiger partial charge in [-0.1, -0.05) is 12.1 Å². The lowest BCUT2D eigenvalue weighted by Gasteiger charge is -2.19. The van der Waals surface area contributed by atoms with Gasteiger partial charge in [0.05, 0.1) is 11.1 Å². The highest BCUT2D eigenvalue weighted by atomic mass is 16.4. The highest BCUT2D eigenvalue weighted by Crippen LogP contribution is 2.40. The molecule has 3 aromatic rings. The van der Waals surface area contributed by atoms with Gasteiger partial charge in [-0.05, 0) is 85.3 Å². The molecule has 0 saturated heterocycles. The Hall–Kier alpha value is -3.80. The van der Waals surface area contributed by atoms with Crippen LogP contribution < -0.4 is 0 Å². The predicted octanol–water partition coefficient (Wildman–Crippen LogP) is 5.06. The van der Waals surface area contributed by atoms with Crippen molar-refractivity contribution in [3.05, 3.63) is 69.8 Å². The Balaban J connectivity index is 2.34. The molecule has 0 unspecified atom stereocenters. The van der Waals surface area contributed by atoms with Crippen LogP contribution in [0.2, 0.25) is 0 Å². The summed E-state index contributed by atoms with van der Waals surface area (Å²) in [7, 11) is 0. The lowest BCUT2D eigenvalue weighted by molar-refractivity contribution is 0.0686. The van der Waals surface area contributed by atoms with Crippen molar-refractivity contribution in [3.8, 4) is 33.8 Å². The first-order valence-electron chi connectivity index (χ1n) is 9.28. The summed E-state index contributed by atoms with van der Waals surface area (Å²) < 4.78 is 0. The average molecular weight is 406 g/mol. The van der Waals surface area contributed by atoms with E-state index in [0.717, 1.165) is 11.1 Å². The van der Waals surface area contributed by atoms with Crippen LogP contribution in [-0.2, 0) is 0 Å². The fraction of sp³-hybridized carbons (Fsp3) is 0.167. The van der Waals surface area contributed by atoms with Crippen LogP contribution in [0.5, 0.6) is 11.5 Å². The maximum Gasteiger partial charge on any atom is 0.336 e. The molecule has 3 aromatic carbocycles. The summed E-state index contributed by atoms with van der Waals surface area (Å²) in [6, 6.07) is 8.98. The second kappa shape index (κ2) is 7.55. The monoisotopic (exact) mass is 406 g/mol. The standard InChI is InChI=1S/C24H22O6/c1-11-9-15(21-13(3)18(25)7-5-16(21)23(27)28)10-12(2)20(11)22-14(4)19(26)8-6-17(22)24(29)30/h5-10,25-26H,1-4H3,(H,27,28)(H,29,30). The minimum Gasteiger partial charge on any atom is -0.508 e. The number of hydrogen-bond acceptors (Lipinski definition) is 4. The molecule has 0 aliphatic heterocycles. The molecular weight excluding hydrogens is 384 g/mol. The Morgan fingerprint density at radius 3 is 1.47 bits per heavy atom. The largest absolute Gasteiger partial charge is 0.508 e. The Morgan fingerprint density at radius 1 is 0.633 bits per heavy atom. The highest BCUT2D eigenvalue weighted by molar-refractivity contribution is 6.00. The first-order chi connectivity index (χ1) is 14.0. The number of phenols is 2. The molecule has 0 bridgehead atoms. The molecule has 6 heteroatoms. The van der Waals surface area contributed by atoms with Gasteiger partial charge in [-0.2, -0.15) is 0 Å². The van der Waals surface area contributed by atoms with E-state index in [4.69, 9.17) is 0 Å². The Morgan fingerprint density at radius 2 is 1.03 bits per heavy atom. The number of aromatic carboxylic acids is 2. The van der Waals surface area contributed by atoms with Gasteiger partial charge in [0.25, 0.3) is 0 Å². The van der Waals surface area contributed by atoms with Crippen molar-refractivity contribution in [1.82, 2.24) is 0 Å². The lowest BCUT2D eigenvalue weighted by atomic mass is 9.85. The average Bonchev–Trinajstić information content (AvgIpc) is 2.66. The summed E-state index contributed by atoms with van der Waals surface area (Å²) >= 11 is 0. The molecule has 4 N–H and O–H groups in total. The number of hydrogen-bond donors (Lipinski definition) is 4. The molecule has 0 aliphatic rings. The van der Waals surface area contributed by atoms with Gasteiger partial charge in [-0.25, -0.2) is 9.59 Å². The second-order valence-corrected chi connectivity index (χ2v) is 7.36. The molecule has 0 aliphatic carbocycles. The molecule has 0 spiro atoms. The maximum absolute atomic E-state index is 11.8. The third-order valence-electron chi connectivity index (χ3n) is 5.41. The Labute approximate surface area is 173 Å². The molecule has 30 heavy (non-hydrogen) atoms. The van der Waals surface area contributed by atoms with E-state index in [2.05, 4.69) is 0 Å². The third-order valence-corrected chi connectivity index (χ3v) is 5.41. The van der Waals surface area contributed by atoms with E-state index in [1.807, 2.05) is 0 Å². The predicted molar refractivity (Wildman–Crippen MR) is 114 cm³/mol. The van der Waals surface area contributed by atoms with Gasteiger partial charge in [-0.3, -0.25) is 0 Å². The zero-order valence-corrected chi connectivity index (χ0v) is 17.1. The number of aryl methyl sites for hydroxylation is 2. The number of benzene rings is 3. The first kappa shape index (κ1) is 20.9. The van der Waals surface area contributed by atoms with Crippen molar-refractivity contribution in [3.63, 3.8) is 0 Å². The van der Waals surface area contributed by atoms with Crippen LogP contribution in [0.15, 0.2) is 36.4 Å². The van der Waals surface area contributed by atoms with Crippen molar-refractivity contribution in [2.45, 2.75) is 27.7 Å². The van der Waals surface area contributed by atoms with Gasteiger partial charge in [0.15, 0.2) is 0 Å². The third kappa shape index (κ3) is 3.37. The number of aromatic hydroxyl groups is 2. The SMILES string of the molecule is Cc1cc(-c2c(C(=O)O)ccc(O)c2C)cc(C)c1-c1c(C(=O)O)ccc(O)c1C. The molecule has 3 rings (SSSR count). The smallest absolute Gasteiger partial charge is 0.336 e. The summed E-state index contributed by atoms with van der Waals surface area (Å²) in [5.41, 5.74) is 4.59. The van der Waals surface area contributed by atoms with E-state index in [0.29, 0.717) is 33.4 Å². The number of carboxylic acids is 2. The molecule has 0 saturated carbocycles. The van der Waals surface area contributed by atoms with Crippen molar-refractivity contribution in [2.75, 3.05) is 0 Å². The molecule has 0 radical (unpaired) electrons. The van der Waals surface area contributed by atoms with Crippen molar-refractivity contribution in [1.29, 1.82) is 0 Å². The molecule has 0 fully saturated rings. The van der Waals surface area contributed by atoms with E-state index in [1.54, 1.807) is 39.8 Å². The van der Waals surface area contributed by atoms with E-state index >= 15 is 0 Å². The molecule has 0 atom stereocenters. The molecule has 6 nitrogen and oxygen atoms in total. The van der Waals surface area contributed by atoms with E-state index < -0.39 is 11.9 Å². The van der Waals surface area contributed by atoms with Gasteiger partial charge in [0.2, 0.25) is 0 Å². The quantitative estimate of drug-likeness (QED) is 0.481. The Bertz CT molecular complexity index is 1180. The summed E-state index contributed by atoms with van der Waals surface area (Å²) in [6.07, 6.45) is 0. The van der Waals surface area contributed by atoms with Gasteiger partial charge >= 0.3 is 11.9 Å². The second-order valence-electron chi connectivity index (χ2n) is 7.36. The zero-order valence-electron chi connectivity index (χ0n) is 17.1. The molecule has 0 amide bonds. The first-order valence-corrected chi connectivity index (χ1v) is 9.28. The molecule has 0 heterocycles. The fourth-order valence-corrected chi connectivity index (χ4v) is 3.95. The van der Waals surface area contributed by atoms with Gasteiger partial charge in [-0.15, -0.1) is 0 Å². The van der Waals surface area contributed by atoms with Crippen LogP contribution in [0.1, 0.15) is 43.0 Å². The number of carbonyl (C=O) groups is 2. The van der Waals surface area contributed by atoms with Crippen LogP contribution >= 0.6 is 0 Å². The molecular formula is C24H22O6. The summed E-state index contributed by atoms with van der Waals surface area (Å²) in [5, 5.41) is 39.5. The van der Waals surface area contributed by atoms with Crippen LogP contribution in [0, 0.1) is 27.7 Å².